The minimum Gasteiger partial charge on any atom is -0.311 e. The van der Waals surface area contributed by atoms with Gasteiger partial charge in [0.05, 0.1) is 12.9 Å². The monoisotopic (exact) mass is 482 g/mol. The lowest BCUT2D eigenvalue weighted by Crippen LogP contribution is -2.00. The summed E-state index contributed by atoms with van der Waals surface area (Å²) in [6.45, 7) is 0.642. The second-order valence-electron chi connectivity index (χ2n) is 8.78. The fourth-order valence-corrected chi connectivity index (χ4v) is 4.50. The van der Waals surface area contributed by atoms with Gasteiger partial charge in [-0.1, -0.05) is 109 Å². The summed E-state index contributed by atoms with van der Waals surface area (Å²) in [5.74, 6) is -0.335. The average Bonchev–Trinajstić information content (AvgIpc) is 3.37. The lowest BCUT2D eigenvalue weighted by atomic mass is 10.00. The summed E-state index contributed by atoms with van der Waals surface area (Å²) in [6.07, 6.45) is 4.83. The summed E-state index contributed by atoms with van der Waals surface area (Å²) >= 11 is 0. The van der Waals surface area contributed by atoms with Crippen molar-refractivity contribution in [3.63, 3.8) is 0 Å². The molecule has 0 unspecified atom stereocenters. The molecule has 0 bridgehead atoms. The maximum atomic E-state index is 15.7. The van der Waals surface area contributed by atoms with Gasteiger partial charge in [0, 0.05) is 11.1 Å². The molecule has 0 saturated heterocycles. The number of nitrogens with zero attached hydrogens (tertiary/aromatic N) is 4. The first-order chi connectivity index (χ1) is 18.3. The van der Waals surface area contributed by atoms with Gasteiger partial charge >= 0.3 is 0 Å². The van der Waals surface area contributed by atoms with Crippen molar-refractivity contribution in [1.29, 1.82) is 0 Å². The molecular formula is C32H23FN4. The van der Waals surface area contributed by atoms with Crippen molar-refractivity contribution in [1.82, 2.24) is 19.5 Å². The van der Waals surface area contributed by atoms with E-state index in [0.29, 0.717) is 34.5 Å². The fraction of sp³-hybridized carbons (Fsp3) is 0.0312. The van der Waals surface area contributed by atoms with Crippen LogP contribution < -0.4 is 0 Å². The molecule has 0 amide bonds. The molecule has 5 heteroatoms. The minimum atomic E-state index is -0.335. The Hall–Kier alpha value is -4.90. The van der Waals surface area contributed by atoms with E-state index in [1.54, 1.807) is 18.5 Å². The van der Waals surface area contributed by atoms with E-state index in [9.17, 15) is 0 Å². The molecule has 2 aromatic heterocycles. The first-order valence-corrected chi connectivity index (χ1v) is 12.1. The molecule has 4 nitrogen and oxygen atoms in total. The number of aromatic nitrogens is 4. The van der Waals surface area contributed by atoms with E-state index in [0.717, 1.165) is 22.3 Å². The van der Waals surface area contributed by atoms with E-state index < -0.39 is 0 Å². The molecule has 0 atom stereocenters. The standard InChI is InChI=1S/C32H23FN4/c33-29(19-23-15-17-26(18-16-23)25-11-5-2-6-12-25)27-13-7-8-14-28(27)30-31-32(35-21-34-30)37(22-36-31)20-24-9-3-1-4-10-24/h1-19,21-22H,20H2/b29-19-. The summed E-state index contributed by atoms with van der Waals surface area (Å²) < 4.78 is 17.7. The quantitative estimate of drug-likeness (QED) is 0.229. The van der Waals surface area contributed by atoms with Crippen molar-refractivity contribution in [2.24, 2.45) is 0 Å². The molecule has 2 heterocycles. The summed E-state index contributed by atoms with van der Waals surface area (Å²) in [5, 5.41) is 0. The Balaban J connectivity index is 1.35. The van der Waals surface area contributed by atoms with Crippen LogP contribution in [-0.2, 0) is 6.54 Å². The number of hydrogen-bond donors (Lipinski definition) is 0. The molecule has 0 spiro atoms. The van der Waals surface area contributed by atoms with Crippen LogP contribution in [0.3, 0.4) is 0 Å². The molecular weight excluding hydrogens is 459 g/mol. The highest BCUT2D eigenvalue weighted by atomic mass is 19.1. The minimum absolute atomic E-state index is 0.335. The highest BCUT2D eigenvalue weighted by Crippen LogP contribution is 2.33. The largest absolute Gasteiger partial charge is 0.311 e. The maximum Gasteiger partial charge on any atom is 0.164 e. The first-order valence-electron chi connectivity index (χ1n) is 12.1. The lowest BCUT2D eigenvalue weighted by molar-refractivity contribution is 0.765. The van der Waals surface area contributed by atoms with E-state index in [1.165, 1.54) is 6.33 Å². The smallest absolute Gasteiger partial charge is 0.164 e. The third-order valence-corrected chi connectivity index (χ3v) is 6.35. The summed E-state index contributed by atoms with van der Waals surface area (Å²) in [5.41, 5.74) is 7.26. The topological polar surface area (TPSA) is 43.6 Å². The van der Waals surface area contributed by atoms with Gasteiger partial charge in [0.25, 0.3) is 0 Å². The van der Waals surface area contributed by atoms with Crippen LogP contribution in [0.5, 0.6) is 0 Å². The van der Waals surface area contributed by atoms with Crippen molar-refractivity contribution in [3.05, 3.63) is 139 Å². The normalized spacial score (nSPS) is 11.6. The molecule has 0 aliphatic heterocycles. The molecule has 6 aromatic rings. The van der Waals surface area contributed by atoms with Crippen LogP contribution in [0.25, 0.3) is 45.5 Å². The van der Waals surface area contributed by atoms with E-state index >= 15 is 4.39 Å². The number of imidazole rings is 1. The van der Waals surface area contributed by atoms with Crippen molar-refractivity contribution >= 4 is 23.1 Å². The van der Waals surface area contributed by atoms with Gasteiger partial charge in [0.2, 0.25) is 0 Å². The van der Waals surface area contributed by atoms with Crippen molar-refractivity contribution in [3.8, 4) is 22.4 Å². The molecule has 0 aliphatic rings. The van der Waals surface area contributed by atoms with Gasteiger partial charge < -0.3 is 4.57 Å². The number of halogens is 1. The van der Waals surface area contributed by atoms with Crippen LogP contribution in [0, 0.1) is 0 Å². The number of rotatable bonds is 6. The van der Waals surface area contributed by atoms with Gasteiger partial charge in [0.15, 0.2) is 5.65 Å². The zero-order valence-corrected chi connectivity index (χ0v) is 20.0. The van der Waals surface area contributed by atoms with Gasteiger partial charge in [-0.05, 0) is 28.3 Å². The van der Waals surface area contributed by atoms with Crippen LogP contribution in [-0.4, -0.2) is 19.5 Å². The van der Waals surface area contributed by atoms with Gasteiger partial charge in [0.1, 0.15) is 23.4 Å². The summed E-state index contributed by atoms with van der Waals surface area (Å²) in [7, 11) is 0. The van der Waals surface area contributed by atoms with Crippen molar-refractivity contribution < 1.29 is 4.39 Å². The van der Waals surface area contributed by atoms with Crippen molar-refractivity contribution in [2.75, 3.05) is 0 Å². The Kier molecular flexibility index (Phi) is 6.09. The highest BCUT2D eigenvalue weighted by Gasteiger charge is 2.17. The second-order valence-corrected chi connectivity index (χ2v) is 8.78. The molecule has 4 aromatic carbocycles. The van der Waals surface area contributed by atoms with E-state index in [4.69, 9.17) is 0 Å². The predicted molar refractivity (Wildman–Crippen MR) is 147 cm³/mol. The Morgan fingerprint density at radius 1 is 0.703 bits per heavy atom. The Morgan fingerprint density at radius 2 is 1.38 bits per heavy atom. The van der Waals surface area contributed by atoms with Crippen molar-refractivity contribution in [2.45, 2.75) is 6.54 Å². The van der Waals surface area contributed by atoms with Crippen LogP contribution >= 0.6 is 0 Å². The van der Waals surface area contributed by atoms with E-state index in [1.807, 2.05) is 83.4 Å². The highest BCUT2D eigenvalue weighted by molar-refractivity contribution is 5.93. The molecule has 0 N–H and O–H groups in total. The van der Waals surface area contributed by atoms with E-state index in [2.05, 4.69) is 39.2 Å². The van der Waals surface area contributed by atoms with Crippen LogP contribution in [0.2, 0.25) is 0 Å². The Morgan fingerprint density at radius 3 is 2.16 bits per heavy atom. The molecule has 37 heavy (non-hydrogen) atoms. The number of hydrogen-bond acceptors (Lipinski definition) is 3. The summed E-state index contributed by atoms with van der Waals surface area (Å²) in [6, 6.07) is 35.5. The van der Waals surface area contributed by atoms with Gasteiger partial charge in [-0.3, -0.25) is 0 Å². The number of fused-ring (bicyclic) bond motifs is 1. The Bertz CT molecular complexity index is 1690. The third kappa shape index (κ3) is 4.67. The molecule has 178 valence electrons. The molecule has 0 saturated carbocycles. The summed E-state index contributed by atoms with van der Waals surface area (Å²) in [4.78, 5) is 13.6. The average molecular weight is 483 g/mol. The number of benzene rings is 4. The van der Waals surface area contributed by atoms with E-state index in [-0.39, 0.29) is 5.83 Å². The SMILES string of the molecule is F/C(=C\c1ccc(-c2ccccc2)cc1)c1ccccc1-c1ncnc2c1ncn2Cc1ccccc1. The van der Waals surface area contributed by atoms with Crippen LogP contribution in [0.4, 0.5) is 4.39 Å². The fourth-order valence-electron chi connectivity index (χ4n) is 4.50. The first kappa shape index (κ1) is 22.6. The second kappa shape index (κ2) is 9.99. The van der Waals surface area contributed by atoms with Gasteiger partial charge in [-0.25, -0.2) is 19.3 Å². The van der Waals surface area contributed by atoms with Crippen LogP contribution in [0.15, 0.2) is 122 Å². The predicted octanol–water partition coefficient (Wildman–Crippen LogP) is 7.68. The third-order valence-electron chi connectivity index (χ3n) is 6.35. The lowest BCUT2D eigenvalue weighted by Gasteiger charge is -2.09. The van der Waals surface area contributed by atoms with Gasteiger partial charge in [-0.2, -0.15) is 0 Å². The molecule has 0 aliphatic carbocycles. The van der Waals surface area contributed by atoms with Gasteiger partial charge in [-0.15, -0.1) is 0 Å². The zero-order chi connectivity index (χ0) is 25.0. The molecule has 6 rings (SSSR count). The molecule has 0 radical (unpaired) electrons. The zero-order valence-electron chi connectivity index (χ0n) is 20.0. The Labute approximate surface area is 214 Å². The molecule has 0 fully saturated rings. The maximum absolute atomic E-state index is 15.7. The van der Waals surface area contributed by atoms with Crippen LogP contribution in [0.1, 0.15) is 16.7 Å².